The van der Waals surface area contributed by atoms with Gasteiger partial charge in [0.2, 0.25) is 0 Å². The number of rotatable bonds is 3. The molecule has 0 amide bonds. The van der Waals surface area contributed by atoms with Gasteiger partial charge in [0.15, 0.2) is 0 Å². The van der Waals surface area contributed by atoms with Crippen molar-refractivity contribution in [3.63, 3.8) is 0 Å². The van der Waals surface area contributed by atoms with Crippen molar-refractivity contribution < 1.29 is 0 Å². The Morgan fingerprint density at radius 3 is 2.82 bits per heavy atom. The van der Waals surface area contributed by atoms with Gasteiger partial charge in [-0.15, -0.1) is 0 Å². The Morgan fingerprint density at radius 2 is 2.18 bits per heavy atom. The molecule has 3 heteroatoms. The molecular formula is C14H17N3. The van der Waals surface area contributed by atoms with Crippen LogP contribution in [0.1, 0.15) is 35.6 Å². The van der Waals surface area contributed by atoms with Crippen LogP contribution in [-0.4, -0.2) is 16.2 Å². The minimum Gasteiger partial charge on any atom is -0.360 e. The van der Waals surface area contributed by atoms with E-state index in [9.17, 15) is 0 Å². The largest absolute Gasteiger partial charge is 0.360 e. The molecule has 0 spiro atoms. The van der Waals surface area contributed by atoms with Crippen LogP contribution in [-0.2, 0) is 0 Å². The van der Waals surface area contributed by atoms with Crippen molar-refractivity contribution >= 4 is 6.21 Å². The number of hydrogen-bond acceptors (Lipinski definition) is 2. The lowest BCUT2D eigenvalue weighted by Gasteiger charge is -2.05. The number of aliphatic imine (C=N–C) groups is 1. The predicted octanol–water partition coefficient (Wildman–Crippen LogP) is 3.21. The second-order valence-electron chi connectivity index (χ2n) is 4.29. The first-order chi connectivity index (χ1) is 8.15. The van der Waals surface area contributed by atoms with E-state index in [1.165, 1.54) is 5.56 Å². The van der Waals surface area contributed by atoms with Gasteiger partial charge in [-0.1, -0.05) is 6.07 Å². The molecule has 2 rings (SSSR count). The molecule has 1 unspecified atom stereocenters. The molecule has 2 aromatic heterocycles. The molecule has 2 heterocycles. The van der Waals surface area contributed by atoms with Crippen molar-refractivity contribution in [1.29, 1.82) is 0 Å². The smallest absolute Gasteiger partial charge is 0.0892 e. The maximum atomic E-state index is 4.50. The quantitative estimate of drug-likeness (QED) is 0.804. The number of hydrogen-bond donors (Lipinski definition) is 1. The normalized spacial score (nSPS) is 13.1. The molecule has 0 fully saturated rings. The van der Waals surface area contributed by atoms with Crippen molar-refractivity contribution in [2.45, 2.75) is 26.8 Å². The van der Waals surface area contributed by atoms with Crippen LogP contribution in [0.3, 0.4) is 0 Å². The van der Waals surface area contributed by atoms with Gasteiger partial charge in [0, 0.05) is 18.1 Å². The number of aromatic nitrogens is 2. The molecule has 3 nitrogen and oxygen atoms in total. The molecule has 0 radical (unpaired) electrons. The number of nitrogens with one attached hydrogen (secondary N) is 1. The Balaban J connectivity index is 2.11. The average molecular weight is 227 g/mol. The zero-order chi connectivity index (χ0) is 12.3. The first-order valence-corrected chi connectivity index (χ1v) is 5.77. The lowest BCUT2D eigenvalue weighted by atomic mass is 10.2. The van der Waals surface area contributed by atoms with Gasteiger partial charge in [-0.3, -0.25) is 9.98 Å². The van der Waals surface area contributed by atoms with Gasteiger partial charge in [0.1, 0.15) is 0 Å². The van der Waals surface area contributed by atoms with Crippen molar-refractivity contribution in [3.05, 3.63) is 53.1 Å². The van der Waals surface area contributed by atoms with E-state index in [0.717, 1.165) is 17.1 Å². The van der Waals surface area contributed by atoms with E-state index in [0.29, 0.717) is 0 Å². The third kappa shape index (κ3) is 3.03. The first kappa shape index (κ1) is 11.6. The fourth-order valence-corrected chi connectivity index (χ4v) is 1.67. The Kier molecular flexibility index (Phi) is 3.38. The molecule has 17 heavy (non-hydrogen) atoms. The third-order valence-electron chi connectivity index (χ3n) is 2.62. The second kappa shape index (κ2) is 4.95. The summed E-state index contributed by atoms with van der Waals surface area (Å²) in [6.45, 7) is 6.10. The monoisotopic (exact) mass is 227 g/mol. The van der Waals surface area contributed by atoms with E-state index in [4.69, 9.17) is 0 Å². The fraction of sp³-hybridized carbons (Fsp3) is 0.286. The standard InChI is InChI=1S/C14H17N3/c1-10-7-13(16-8-10)9-15-12(3)14-6-4-5-11(2)17-14/h4-9,12,16H,1-3H3/b15-9-. The minimum absolute atomic E-state index is 0.0820. The Hall–Kier alpha value is -1.90. The van der Waals surface area contributed by atoms with Crippen molar-refractivity contribution in [2.24, 2.45) is 4.99 Å². The van der Waals surface area contributed by atoms with Crippen LogP contribution in [0.15, 0.2) is 35.5 Å². The molecule has 88 valence electrons. The SMILES string of the molecule is Cc1c[nH]c(/C=N\C(C)c2cccc(C)n2)c1. The summed E-state index contributed by atoms with van der Waals surface area (Å²) < 4.78 is 0. The molecule has 0 aromatic carbocycles. The van der Waals surface area contributed by atoms with Crippen LogP contribution in [0.2, 0.25) is 0 Å². The van der Waals surface area contributed by atoms with Gasteiger partial charge in [-0.2, -0.15) is 0 Å². The summed E-state index contributed by atoms with van der Waals surface area (Å²) in [7, 11) is 0. The predicted molar refractivity (Wildman–Crippen MR) is 70.5 cm³/mol. The highest BCUT2D eigenvalue weighted by Crippen LogP contribution is 2.14. The zero-order valence-electron chi connectivity index (χ0n) is 10.4. The molecule has 0 aliphatic heterocycles. The minimum atomic E-state index is 0.0820. The van der Waals surface area contributed by atoms with Crippen LogP contribution in [0.4, 0.5) is 0 Å². The molecule has 1 atom stereocenters. The highest BCUT2D eigenvalue weighted by Gasteiger charge is 2.03. The van der Waals surface area contributed by atoms with Gasteiger partial charge < -0.3 is 4.98 Å². The molecule has 0 bridgehead atoms. The number of aryl methyl sites for hydroxylation is 2. The maximum Gasteiger partial charge on any atom is 0.0892 e. The summed E-state index contributed by atoms with van der Waals surface area (Å²) in [5.41, 5.74) is 4.28. The molecule has 0 aliphatic rings. The third-order valence-corrected chi connectivity index (χ3v) is 2.62. The van der Waals surface area contributed by atoms with Gasteiger partial charge in [-0.05, 0) is 44.5 Å². The fourth-order valence-electron chi connectivity index (χ4n) is 1.67. The van der Waals surface area contributed by atoms with Crippen LogP contribution in [0, 0.1) is 13.8 Å². The Labute approximate surface area is 102 Å². The van der Waals surface area contributed by atoms with Crippen molar-refractivity contribution in [1.82, 2.24) is 9.97 Å². The van der Waals surface area contributed by atoms with E-state index < -0.39 is 0 Å². The summed E-state index contributed by atoms with van der Waals surface area (Å²) in [6.07, 6.45) is 3.83. The average Bonchev–Trinajstić information content (AvgIpc) is 2.72. The second-order valence-corrected chi connectivity index (χ2v) is 4.29. The highest BCUT2D eigenvalue weighted by molar-refractivity contribution is 5.77. The highest BCUT2D eigenvalue weighted by atomic mass is 14.8. The Morgan fingerprint density at radius 1 is 1.35 bits per heavy atom. The van der Waals surface area contributed by atoms with Crippen LogP contribution < -0.4 is 0 Å². The molecule has 0 saturated carbocycles. The van der Waals surface area contributed by atoms with Crippen LogP contribution >= 0.6 is 0 Å². The van der Waals surface area contributed by atoms with Crippen molar-refractivity contribution in [3.8, 4) is 0 Å². The summed E-state index contributed by atoms with van der Waals surface area (Å²) in [5.74, 6) is 0. The zero-order valence-corrected chi connectivity index (χ0v) is 10.4. The Bertz CT molecular complexity index is 526. The number of nitrogens with zero attached hydrogens (tertiary/aromatic N) is 2. The molecule has 0 aliphatic carbocycles. The molecule has 1 N–H and O–H groups in total. The van der Waals surface area contributed by atoms with E-state index in [1.54, 1.807) is 0 Å². The number of pyridine rings is 1. The van der Waals surface area contributed by atoms with Gasteiger partial charge in [-0.25, -0.2) is 0 Å². The lowest BCUT2D eigenvalue weighted by Crippen LogP contribution is -1.96. The molecule has 0 saturated heterocycles. The summed E-state index contributed by atoms with van der Waals surface area (Å²) in [5, 5.41) is 0. The van der Waals surface area contributed by atoms with Crippen LogP contribution in [0.25, 0.3) is 0 Å². The number of aromatic amines is 1. The topological polar surface area (TPSA) is 41.0 Å². The van der Waals surface area contributed by atoms with Gasteiger partial charge in [0.25, 0.3) is 0 Å². The van der Waals surface area contributed by atoms with E-state index in [1.807, 2.05) is 44.5 Å². The van der Waals surface area contributed by atoms with E-state index in [2.05, 4.69) is 28.0 Å². The summed E-state index contributed by atoms with van der Waals surface area (Å²) in [6, 6.07) is 8.17. The first-order valence-electron chi connectivity index (χ1n) is 5.77. The summed E-state index contributed by atoms with van der Waals surface area (Å²) >= 11 is 0. The van der Waals surface area contributed by atoms with Crippen molar-refractivity contribution in [2.75, 3.05) is 0 Å². The molecular weight excluding hydrogens is 210 g/mol. The van der Waals surface area contributed by atoms with Gasteiger partial charge >= 0.3 is 0 Å². The lowest BCUT2D eigenvalue weighted by molar-refractivity contribution is 0.781. The van der Waals surface area contributed by atoms with Gasteiger partial charge in [0.05, 0.1) is 17.4 Å². The van der Waals surface area contributed by atoms with Crippen LogP contribution in [0.5, 0.6) is 0 Å². The molecule has 2 aromatic rings. The maximum absolute atomic E-state index is 4.50. The van der Waals surface area contributed by atoms with E-state index in [-0.39, 0.29) is 6.04 Å². The van der Waals surface area contributed by atoms with E-state index >= 15 is 0 Å². The summed E-state index contributed by atoms with van der Waals surface area (Å²) in [4.78, 5) is 12.1. The number of H-pyrrole nitrogens is 1.